The quantitative estimate of drug-likeness (QED) is 0.226. The van der Waals surface area contributed by atoms with E-state index in [0.29, 0.717) is 57.9 Å². The third-order valence-electron chi connectivity index (χ3n) is 6.73. The van der Waals surface area contributed by atoms with Gasteiger partial charge in [-0.1, -0.05) is 18.2 Å². The Morgan fingerprint density at radius 3 is 2.54 bits per heavy atom. The molecule has 0 spiro atoms. The van der Waals surface area contributed by atoms with E-state index in [-0.39, 0.29) is 34.9 Å². The third kappa shape index (κ3) is 3.41. The van der Waals surface area contributed by atoms with Crippen LogP contribution >= 0.6 is 0 Å². The summed E-state index contributed by atoms with van der Waals surface area (Å²) >= 11 is 0. The van der Waals surface area contributed by atoms with Gasteiger partial charge in [0.15, 0.2) is 22.7 Å². The van der Waals surface area contributed by atoms with E-state index in [0.717, 1.165) is 0 Å². The van der Waals surface area contributed by atoms with Crippen LogP contribution in [0.25, 0.3) is 17.0 Å². The number of para-hydroxylation sites is 1. The molecule has 0 saturated heterocycles. The van der Waals surface area contributed by atoms with E-state index in [9.17, 15) is 14.4 Å². The number of esters is 1. The van der Waals surface area contributed by atoms with Gasteiger partial charge in [-0.05, 0) is 48.0 Å². The zero-order chi connectivity index (χ0) is 25.1. The lowest BCUT2D eigenvalue weighted by Gasteiger charge is -2.25. The van der Waals surface area contributed by atoms with Crippen molar-refractivity contribution in [2.75, 3.05) is 13.2 Å². The van der Waals surface area contributed by atoms with Crippen LogP contribution in [-0.2, 0) is 4.79 Å². The second-order valence-electron chi connectivity index (χ2n) is 8.94. The Labute approximate surface area is 209 Å². The number of rotatable bonds is 2. The average molecular weight is 494 g/mol. The molecule has 8 heteroatoms. The topological polar surface area (TPSA) is 101 Å². The lowest BCUT2D eigenvalue weighted by molar-refractivity contribution is -0.135. The van der Waals surface area contributed by atoms with E-state index in [1.54, 1.807) is 60.7 Å². The van der Waals surface area contributed by atoms with Crippen LogP contribution in [-0.4, -0.2) is 25.0 Å². The van der Waals surface area contributed by atoms with Gasteiger partial charge in [0.25, 0.3) is 0 Å². The standard InChI is InChI=1S/C29H18O8/c30-25-13-18(19-14-35-20-4-2-1-3-16(20)27(19)31)26-22(36-25)8-6-17-28(32)24(37-29(17)26)12-15-5-7-21-23(11-15)34-10-9-33-21/h1-8,11-12,14,18H,9-10,13H2/b24-12+. The number of allylic oxidation sites excluding steroid dienone is 1. The fourth-order valence-corrected chi connectivity index (χ4v) is 5.01. The summed E-state index contributed by atoms with van der Waals surface area (Å²) in [7, 11) is 0. The van der Waals surface area contributed by atoms with Gasteiger partial charge in [0, 0.05) is 17.0 Å². The second kappa shape index (κ2) is 8.09. The van der Waals surface area contributed by atoms with Crippen molar-refractivity contribution in [2.45, 2.75) is 12.3 Å². The highest BCUT2D eigenvalue weighted by molar-refractivity contribution is 6.15. The van der Waals surface area contributed by atoms with Gasteiger partial charge in [-0.25, -0.2) is 0 Å². The minimum atomic E-state index is -0.700. The van der Waals surface area contributed by atoms with Crippen molar-refractivity contribution in [3.8, 4) is 23.0 Å². The Hall–Kier alpha value is -4.85. The first kappa shape index (κ1) is 21.4. The van der Waals surface area contributed by atoms with Crippen LogP contribution in [0.5, 0.6) is 23.0 Å². The van der Waals surface area contributed by atoms with Crippen molar-refractivity contribution < 1.29 is 33.0 Å². The van der Waals surface area contributed by atoms with Gasteiger partial charge in [0.05, 0.1) is 23.6 Å². The molecule has 0 bridgehead atoms. The van der Waals surface area contributed by atoms with E-state index in [1.807, 2.05) is 0 Å². The van der Waals surface area contributed by atoms with Gasteiger partial charge in [-0.3, -0.25) is 14.4 Å². The van der Waals surface area contributed by atoms with Crippen LogP contribution in [0.1, 0.15) is 39.4 Å². The van der Waals surface area contributed by atoms with Gasteiger partial charge in [0.2, 0.25) is 5.78 Å². The fourth-order valence-electron chi connectivity index (χ4n) is 5.01. The molecule has 0 aliphatic carbocycles. The molecular formula is C29H18O8. The number of Topliss-reactive ketones (excluding diaryl/α,β-unsaturated/α-hetero) is 1. The van der Waals surface area contributed by atoms with Crippen LogP contribution in [0.4, 0.5) is 0 Å². The van der Waals surface area contributed by atoms with Gasteiger partial charge >= 0.3 is 5.97 Å². The van der Waals surface area contributed by atoms with Crippen LogP contribution in [0.3, 0.4) is 0 Å². The Morgan fingerprint density at radius 2 is 1.65 bits per heavy atom. The Balaban J connectivity index is 1.33. The van der Waals surface area contributed by atoms with Crippen LogP contribution in [0.15, 0.2) is 75.8 Å². The molecule has 37 heavy (non-hydrogen) atoms. The molecule has 0 amide bonds. The van der Waals surface area contributed by atoms with Gasteiger partial charge < -0.3 is 23.4 Å². The molecule has 1 atom stereocenters. The maximum Gasteiger partial charge on any atom is 0.312 e. The molecule has 3 aliphatic heterocycles. The lowest BCUT2D eigenvalue weighted by atomic mass is 9.85. The maximum atomic E-state index is 13.4. The summed E-state index contributed by atoms with van der Waals surface area (Å²) in [5.74, 6) is 0.376. The van der Waals surface area contributed by atoms with E-state index >= 15 is 0 Å². The second-order valence-corrected chi connectivity index (χ2v) is 8.94. The normalized spacial score (nSPS) is 18.8. The summed E-state index contributed by atoms with van der Waals surface area (Å²) in [5, 5.41) is 0.407. The molecule has 0 fully saturated rings. The molecule has 0 radical (unpaired) electrons. The number of benzene rings is 3. The summed E-state index contributed by atoms with van der Waals surface area (Å²) in [5.41, 5.74) is 2.00. The minimum Gasteiger partial charge on any atom is -0.486 e. The average Bonchev–Trinajstić information content (AvgIpc) is 3.23. The monoisotopic (exact) mass is 494 g/mol. The molecule has 1 aromatic heterocycles. The molecule has 4 heterocycles. The van der Waals surface area contributed by atoms with E-state index < -0.39 is 11.9 Å². The molecule has 0 saturated carbocycles. The first-order valence-electron chi connectivity index (χ1n) is 11.8. The summed E-state index contributed by atoms with van der Waals surface area (Å²) in [6, 6.07) is 15.4. The molecule has 182 valence electrons. The van der Waals surface area contributed by atoms with Crippen molar-refractivity contribution >= 4 is 28.8 Å². The largest absolute Gasteiger partial charge is 0.486 e. The fraction of sp³-hybridized carbons (Fsp3) is 0.138. The van der Waals surface area contributed by atoms with Gasteiger partial charge in [-0.2, -0.15) is 0 Å². The van der Waals surface area contributed by atoms with Crippen LogP contribution < -0.4 is 24.4 Å². The van der Waals surface area contributed by atoms with Gasteiger partial charge in [-0.15, -0.1) is 0 Å². The highest BCUT2D eigenvalue weighted by Gasteiger charge is 2.39. The number of ether oxygens (including phenoxy) is 4. The predicted octanol–water partition coefficient (Wildman–Crippen LogP) is 4.62. The molecule has 7 rings (SSSR count). The number of carbonyl (C=O) groups is 2. The summed E-state index contributed by atoms with van der Waals surface area (Å²) in [4.78, 5) is 39.1. The number of carbonyl (C=O) groups excluding carboxylic acids is 2. The number of ketones is 1. The van der Waals surface area contributed by atoms with Crippen LogP contribution in [0.2, 0.25) is 0 Å². The third-order valence-corrected chi connectivity index (χ3v) is 6.73. The molecule has 3 aromatic carbocycles. The Bertz CT molecular complexity index is 1730. The highest BCUT2D eigenvalue weighted by atomic mass is 16.6. The lowest BCUT2D eigenvalue weighted by Crippen LogP contribution is -2.25. The highest BCUT2D eigenvalue weighted by Crippen LogP contribution is 2.48. The molecule has 1 unspecified atom stereocenters. The first-order valence-corrected chi connectivity index (χ1v) is 11.8. The first-order chi connectivity index (χ1) is 18.1. The van der Waals surface area contributed by atoms with Crippen molar-refractivity contribution in [3.05, 3.63) is 99.1 Å². The van der Waals surface area contributed by atoms with E-state index in [2.05, 4.69) is 0 Å². The Morgan fingerprint density at radius 1 is 0.838 bits per heavy atom. The zero-order valence-corrected chi connectivity index (χ0v) is 19.3. The molecule has 8 nitrogen and oxygen atoms in total. The number of hydrogen-bond acceptors (Lipinski definition) is 8. The van der Waals surface area contributed by atoms with Crippen molar-refractivity contribution in [1.29, 1.82) is 0 Å². The molecule has 4 aromatic rings. The summed E-state index contributed by atoms with van der Waals surface area (Å²) < 4.78 is 28.5. The smallest absolute Gasteiger partial charge is 0.312 e. The summed E-state index contributed by atoms with van der Waals surface area (Å²) in [6.07, 6.45) is 2.91. The van der Waals surface area contributed by atoms with Crippen molar-refractivity contribution in [1.82, 2.24) is 0 Å². The molecule has 0 N–H and O–H groups in total. The SMILES string of the molecule is O=C1CC(c2coc3ccccc3c2=O)c2c(ccc3c2O/C(=C/c2ccc4c(c2)OCCO4)C3=O)O1. The number of hydrogen-bond donors (Lipinski definition) is 0. The van der Waals surface area contributed by atoms with Crippen LogP contribution in [0, 0.1) is 0 Å². The Kier molecular flexibility index (Phi) is 4.69. The predicted molar refractivity (Wildman–Crippen MR) is 131 cm³/mol. The minimum absolute atomic E-state index is 0.0920. The zero-order valence-electron chi connectivity index (χ0n) is 19.3. The number of fused-ring (bicyclic) bond motifs is 5. The summed E-state index contributed by atoms with van der Waals surface area (Å²) in [6.45, 7) is 0.930. The maximum absolute atomic E-state index is 13.4. The molecular weight excluding hydrogens is 476 g/mol. The molecule has 3 aliphatic rings. The van der Waals surface area contributed by atoms with E-state index in [1.165, 1.54) is 6.26 Å². The van der Waals surface area contributed by atoms with E-state index in [4.69, 9.17) is 23.4 Å². The van der Waals surface area contributed by atoms with Gasteiger partial charge in [0.1, 0.15) is 30.3 Å². The van der Waals surface area contributed by atoms with Crippen molar-refractivity contribution in [2.24, 2.45) is 0 Å². The van der Waals surface area contributed by atoms with Crippen molar-refractivity contribution in [3.63, 3.8) is 0 Å².